The molecule has 2 N–H and O–H groups in total. The molecule has 2 aromatic heterocycles. The molecule has 8 heteroatoms. The van der Waals surface area contributed by atoms with Gasteiger partial charge in [0, 0.05) is 30.1 Å². The predicted octanol–water partition coefficient (Wildman–Crippen LogP) is 2.86. The fourth-order valence-corrected chi connectivity index (χ4v) is 3.69. The van der Waals surface area contributed by atoms with Crippen LogP contribution in [0.4, 0.5) is 5.82 Å². The van der Waals surface area contributed by atoms with Gasteiger partial charge in [-0.1, -0.05) is 6.07 Å². The smallest absolute Gasteiger partial charge is 0.306 e. The van der Waals surface area contributed by atoms with E-state index in [0.29, 0.717) is 31.5 Å². The van der Waals surface area contributed by atoms with Crippen molar-refractivity contribution in [3.63, 3.8) is 0 Å². The summed E-state index contributed by atoms with van der Waals surface area (Å²) >= 11 is 0. The highest BCUT2D eigenvalue weighted by atomic mass is 16.4. The number of aromatic nitrogens is 4. The lowest BCUT2D eigenvalue weighted by molar-refractivity contribution is -0.143. The van der Waals surface area contributed by atoms with Gasteiger partial charge in [0.05, 0.1) is 17.6 Å². The van der Waals surface area contributed by atoms with Crippen LogP contribution in [0.25, 0.3) is 22.0 Å². The van der Waals surface area contributed by atoms with Crippen LogP contribution in [-0.2, 0) is 16.6 Å². The number of nitrogens with one attached hydrogen (secondary N) is 1. The van der Waals surface area contributed by atoms with Crippen molar-refractivity contribution in [1.82, 2.24) is 20.0 Å². The first kappa shape index (κ1) is 18.1. The molecule has 1 aliphatic carbocycles. The van der Waals surface area contributed by atoms with Gasteiger partial charge in [0.25, 0.3) is 0 Å². The molecule has 1 saturated carbocycles. The maximum absolute atomic E-state index is 12.5. The van der Waals surface area contributed by atoms with Gasteiger partial charge in [0.15, 0.2) is 5.82 Å². The molecule has 0 bridgehead atoms. The number of carbonyl (C=O) groups is 2. The van der Waals surface area contributed by atoms with E-state index in [2.05, 4.69) is 20.6 Å². The van der Waals surface area contributed by atoms with Crippen molar-refractivity contribution in [3.05, 3.63) is 36.7 Å². The van der Waals surface area contributed by atoms with Gasteiger partial charge in [0.2, 0.25) is 5.91 Å². The zero-order chi connectivity index (χ0) is 19.7. The minimum absolute atomic E-state index is 0.124. The largest absolute Gasteiger partial charge is 0.481 e. The van der Waals surface area contributed by atoms with Gasteiger partial charge in [-0.05, 0) is 49.4 Å². The Hall–Kier alpha value is -3.29. The first-order valence-corrected chi connectivity index (χ1v) is 9.30. The van der Waals surface area contributed by atoms with Crippen molar-refractivity contribution in [2.75, 3.05) is 5.32 Å². The van der Waals surface area contributed by atoms with Crippen LogP contribution < -0.4 is 5.32 Å². The first-order chi connectivity index (χ1) is 13.5. The van der Waals surface area contributed by atoms with Crippen LogP contribution in [0, 0.1) is 11.8 Å². The molecule has 2 heterocycles. The van der Waals surface area contributed by atoms with Crippen LogP contribution in [0.1, 0.15) is 25.7 Å². The quantitative estimate of drug-likeness (QED) is 0.721. The van der Waals surface area contributed by atoms with Gasteiger partial charge in [-0.3, -0.25) is 14.3 Å². The van der Waals surface area contributed by atoms with E-state index in [1.165, 1.54) is 0 Å². The summed E-state index contributed by atoms with van der Waals surface area (Å²) in [6, 6.07) is 7.66. The number of aryl methyl sites for hydroxylation is 1. The molecular formula is C20H21N5O3. The van der Waals surface area contributed by atoms with E-state index in [1.807, 2.05) is 37.5 Å². The number of anilines is 1. The Morgan fingerprint density at radius 3 is 2.50 bits per heavy atom. The summed E-state index contributed by atoms with van der Waals surface area (Å²) in [5, 5.41) is 25.3. The van der Waals surface area contributed by atoms with Crippen LogP contribution in [0.2, 0.25) is 0 Å². The second-order valence-corrected chi connectivity index (χ2v) is 7.28. The van der Waals surface area contributed by atoms with Gasteiger partial charge >= 0.3 is 5.97 Å². The lowest BCUT2D eigenvalue weighted by atomic mass is 9.81. The summed E-state index contributed by atoms with van der Waals surface area (Å²) in [6.07, 6.45) is 5.96. The average Bonchev–Trinajstić information content (AvgIpc) is 3.14. The molecule has 0 unspecified atom stereocenters. The molecule has 1 fully saturated rings. The highest BCUT2D eigenvalue weighted by molar-refractivity contribution is 5.94. The summed E-state index contributed by atoms with van der Waals surface area (Å²) in [7, 11) is 1.87. The van der Waals surface area contributed by atoms with Gasteiger partial charge in [0.1, 0.15) is 0 Å². The van der Waals surface area contributed by atoms with Crippen molar-refractivity contribution in [2.24, 2.45) is 18.9 Å². The molecule has 28 heavy (non-hydrogen) atoms. The Kier molecular flexibility index (Phi) is 4.77. The minimum Gasteiger partial charge on any atom is -0.481 e. The van der Waals surface area contributed by atoms with E-state index >= 15 is 0 Å². The van der Waals surface area contributed by atoms with Crippen molar-refractivity contribution in [3.8, 4) is 11.1 Å². The number of amides is 1. The number of hydrogen-bond acceptors (Lipinski definition) is 5. The molecule has 144 valence electrons. The Labute approximate surface area is 161 Å². The van der Waals surface area contributed by atoms with Gasteiger partial charge in [-0.15, -0.1) is 10.2 Å². The number of fused-ring (bicyclic) bond motifs is 1. The number of nitrogens with zero attached hydrogens (tertiary/aromatic N) is 4. The topological polar surface area (TPSA) is 110 Å². The number of hydrogen-bond donors (Lipinski definition) is 2. The van der Waals surface area contributed by atoms with Crippen LogP contribution in [0.3, 0.4) is 0 Å². The number of aliphatic carboxylic acids is 1. The zero-order valence-corrected chi connectivity index (χ0v) is 15.5. The van der Waals surface area contributed by atoms with Crippen molar-refractivity contribution in [2.45, 2.75) is 25.7 Å². The van der Waals surface area contributed by atoms with Crippen LogP contribution >= 0.6 is 0 Å². The van der Waals surface area contributed by atoms with Crippen molar-refractivity contribution < 1.29 is 14.7 Å². The molecule has 0 aliphatic heterocycles. The van der Waals surface area contributed by atoms with Crippen LogP contribution in [0.15, 0.2) is 36.7 Å². The van der Waals surface area contributed by atoms with E-state index in [-0.39, 0.29) is 17.7 Å². The van der Waals surface area contributed by atoms with Crippen molar-refractivity contribution in [1.29, 1.82) is 0 Å². The number of carbonyl (C=O) groups excluding carboxylic acids is 1. The van der Waals surface area contributed by atoms with Crippen LogP contribution in [0.5, 0.6) is 0 Å². The SMILES string of the molecule is Cn1cc(-c2ccc3nnc(NC(=O)[C@H]4CC[C@H](C(=O)O)CC4)cc3c2)cn1. The summed E-state index contributed by atoms with van der Waals surface area (Å²) < 4.78 is 1.75. The molecule has 1 aliphatic rings. The number of carboxylic acid groups (broad SMARTS) is 1. The number of rotatable bonds is 4. The Bertz CT molecular complexity index is 1040. The van der Waals surface area contributed by atoms with E-state index in [9.17, 15) is 9.59 Å². The summed E-state index contributed by atoms with van der Waals surface area (Å²) in [5.74, 6) is -1.02. The molecule has 8 nitrogen and oxygen atoms in total. The average molecular weight is 379 g/mol. The molecule has 0 radical (unpaired) electrons. The Morgan fingerprint density at radius 1 is 1.07 bits per heavy atom. The lowest BCUT2D eigenvalue weighted by Crippen LogP contribution is -2.29. The highest BCUT2D eigenvalue weighted by Crippen LogP contribution is 2.30. The van der Waals surface area contributed by atoms with Gasteiger partial charge in [-0.2, -0.15) is 5.10 Å². The number of carboxylic acids is 1. The van der Waals surface area contributed by atoms with E-state index < -0.39 is 5.97 Å². The number of benzene rings is 1. The molecule has 1 amide bonds. The Balaban J connectivity index is 1.49. The summed E-state index contributed by atoms with van der Waals surface area (Å²) in [4.78, 5) is 23.6. The summed E-state index contributed by atoms with van der Waals surface area (Å²) in [6.45, 7) is 0. The molecular weight excluding hydrogens is 358 g/mol. The van der Waals surface area contributed by atoms with E-state index in [4.69, 9.17) is 5.11 Å². The molecule has 0 spiro atoms. The third-order valence-corrected chi connectivity index (χ3v) is 5.32. The van der Waals surface area contributed by atoms with Crippen LogP contribution in [-0.4, -0.2) is 37.0 Å². The first-order valence-electron chi connectivity index (χ1n) is 9.30. The molecule has 0 atom stereocenters. The fraction of sp³-hybridized carbons (Fsp3) is 0.350. The third kappa shape index (κ3) is 3.71. The molecule has 3 aromatic rings. The maximum Gasteiger partial charge on any atom is 0.306 e. The third-order valence-electron chi connectivity index (χ3n) is 5.32. The Morgan fingerprint density at radius 2 is 1.82 bits per heavy atom. The predicted molar refractivity (Wildman–Crippen MR) is 103 cm³/mol. The zero-order valence-electron chi connectivity index (χ0n) is 15.5. The molecule has 1 aromatic carbocycles. The molecule has 0 saturated heterocycles. The van der Waals surface area contributed by atoms with Gasteiger partial charge in [-0.25, -0.2) is 0 Å². The van der Waals surface area contributed by atoms with Crippen molar-refractivity contribution >= 4 is 28.6 Å². The van der Waals surface area contributed by atoms with E-state index in [0.717, 1.165) is 22.0 Å². The standard InChI is InChI=1S/C20H21N5O3/c1-25-11-16(10-21-25)14-6-7-17-15(8-14)9-18(24-23-17)22-19(26)12-2-4-13(5-3-12)20(27)28/h6-13H,2-5H2,1H3,(H,27,28)(H,22,24,26)/t12-,13-. The monoisotopic (exact) mass is 379 g/mol. The molecule has 4 rings (SSSR count). The fourth-order valence-electron chi connectivity index (χ4n) is 3.69. The minimum atomic E-state index is -0.774. The lowest BCUT2D eigenvalue weighted by Gasteiger charge is -2.24. The second kappa shape index (κ2) is 7.38. The normalized spacial score (nSPS) is 19.5. The highest BCUT2D eigenvalue weighted by Gasteiger charge is 2.29. The van der Waals surface area contributed by atoms with Gasteiger partial charge < -0.3 is 10.4 Å². The summed E-state index contributed by atoms with van der Waals surface area (Å²) in [5.41, 5.74) is 2.76. The maximum atomic E-state index is 12.5. The second-order valence-electron chi connectivity index (χ2n) is 7.28. The van der Waals surface area contributed by atoms with E-state index in [1.54, 1.807) is 10.9 Å².